The number of aliphatic carboxylic acids is 1. The van der Waals surface area contributed by atoms with Crippen molar-refractivity contribution in [2.24, 2.45) is 40.9 Å². The highest BCUT2D eigenvalue weighted by Crippen LogP contribution is 2.27. The molecular weight excluding hydrogens is 755 g/mol. The van der Waals surface area contributed by atoms with Crippen LogP contribution < -0.4 is 0 Å². The van der Waals surface area contributed by atoms with Crippen LogP contribution in [0.3, 0.4) is 0 Å². The summed E-state index contributed by atoms with van der Waals surface area (Å²) < 4.78 is 33.8. The molecule has 0 aromatic heterocycles. The molecule has 0 bridgehead atoms. The van der Waals surface area contributed by atoms with Crippen molar-refractivity contribution in [3.05, 3.63) is 35.4 Å². The molecule has 5 nitrogen and oxygen atoms in total. The summed E-state index contributed by atoms with van der Waals surface area (Å²) in [5, 5.41) is 7.91. The Morgan fingerprint density at radius 3 is 1.15 bits per heavy atom. The second-order valence-electron chi connectivity index (χ2n) is 20.3. The Bertz CT molecular complexity index is 1030. The number of carboxylic acids is 1. The van der Waals surface area contributed by atoms with Crippen molar-refractivity contribution in [1.29, 1.82) is 0 Å². The number of aryl methyl sites for hydroxylation is 1. The summed E-state index contributed by atoms with van der Waals surface area (Å²) in [7, 11) is 1.40. The number of hydrogen-bond acceptors (Lipinski definition) is 4. The number of benzene rings is 1. The summed E-state index contributed by atoms with van der Waals surface area (Å²) in [4.78, 5) is 19.8. The van der Waals surface area contributed by atoms with E-state index in [-0.39, 0.29) is 5.97 Å². The van der Waals surface area contributed by atoms with Crippen molar-refractivity contribution < 1.29 is 33.0 Å². The van der Waals surface area contributed by atoms with Crippen LogP contribution in [-0.2, 0) is 19.1 Å². The lowest BCUT2D eigenvalue weighted by Crippen LogP contribution is -2.12. The van der Waals surface area contributed by atoms with Gasteiger partial charge in [-0.2, -0.15) is 0 Å². The molecule has 5 fully saturated rings. The van der Waals surface area contributed by atoms with Crippen LogP contribution in [-0.4, -0.2) is 37.4 Å². The van der Waals surface area contributed by atoms with E-state index in [9.17, 15) is 18.4 Å². The zero-order chi connectivity index (χ0) is 46.9. The summed E-state index contributed by atoms with van der Waals surface area (Å²) >= 11 is 0. The maximum absolute atomic E-state index is 12.2. The minimum atomic E-state index is -0.791. The lowest BCUT2D eigenvalue weighted by atomic mass is 9.88. The van der Waals surface area contributed by atoms with Crippen molar-refractivity contribution >= 4 is 11.9 Å². The molecule has 1 saturated heterocycles. The maximum Gasteiger partial charge on any atom is 0.305 e. The molecule has 7 heteroatoms. The fourth-order valence-electron chi connectivity index (χ4n) is 5.15. The average Bonchev–Trinajstić information content (AvgIpc) is 3.78. The standard InChI is InChI=1S/C7H6F2.C7H14.C6H12O.C6H12.C5H10O2.C5H10.C5H12.C4H8O2.C4H8.C4H10/c1-5-2-3-6(8)7(9)4-5;1-7-5-3-2-4-6-7;1-6-2-4-7-5-3-6;1-6-4-2-3-5-6;1-3-4-5(6)7-2;1-5-3-2-4-5;1-5(2,3)4;1-2-3-4(5)6;1-4-2-3-4;1-4(2)3/h2-4H,1H3;7H,2-6H2,1H3;6H,2-5H2,1H3;6H,2-5H2,1H3;3-4H2,1-2H3;5H,2-4H2,1H3;1-4H3;2-3H2,1H3,(H,5,6);4H,2-3H2,1H3;4H,1-3H3. The van der Waals surface area contributed by atoms with Crippen molar-refractivity contribution in [2.75, 3.05) is 20.3 Å². The summed E-state index contributed by atoms with van der Waals surface area (Å²) in [6.07, 6.45) is 25.8. The number of hydrogen-bond donors (Lipinski definition) is 1. The van der Waals surface area contributed by atoms with Crippen LogP contribution in [0.4, 0.5) is 8.78 Å². The van der Waals surface area contributed by atoms with E-state index in [1.54, 1.807) is 6.92 Å². The van der Waals surface area contributed by atoms with Gasteiger partial charge in [-0.1, -0.05) is 193 Å². The van der Waals surface area contributed by atoms with E-state index >= 15 is 0 Å². The molecule has 5 aliphatic rings. The van der Waals surface area contributed by atoms with Gasteiger partial charge in [-0.15, -0.1) is 0 Å². The first-order valence-corrected chi connectivity index (χ1v) is 24.3. The van der Waals surface area contributed by atoms with Crippen LogP contribution in [0.25, 0.3) is 0 Å². The molecule has 1 aromatic carbocycles. The quantitative estimate of drug-likeness (QED) is 0.305. The number of carbonyl (C=O) groups is 2. The van der Waals surface area contributed by atoms with E-state index in [4.69, 9.17) is 9.84 Å². The van der Waals surface area contributed by atoms with Gasteiger partial charge < -0.3 is 14.6 Å². The Kier molecular flexibility index (Phi) is 47.0. The number of carbonyl (C=O) groups excluding carboxylic acids is 1. The first-order valence-electron chi connectivity index (χ1n) is 24.3. The third-order valence-electron chi connectivity index (χ3n) is 9.53. The molecule has 0 unspecified atom stereocenters. The minimum Gasteiger partial charge on any atom is -0.481 e. The van der Waals surface area contributed by atoms with Crippen LogP contribution in [0.1, 0.15) is 231 Å². The zero-order valence-electron chi connectivity index (χ0n) is 42.6. The summed E-state index contributed by atoms with van der Waals surface area (Å²) in [5.74, 6) is 3.57. The molecular formula is C53H102F2O5. The lowest BCUT2D eigenvalue weighted by molar-refractivity contribution is -0.140. The maximum atomic E-state index is 12.2. The van der Waals surface area contributed by atoms with Gasteiger partial charge in [-0.25, -0.2) is 8.78 Å². The van der Waals surface area contributed by atoms with Crippen molar-refractivity contribution in [1.82, 2.24) is 0 Å². The van der Waals surface area contributed by atoms with E-state index in [2.05, 4.69) is 87.8 Å². The topological polar surface area (TPSA) is 72.8 Å². The Morgan fingerprint density at radius 1 is 0.650 bits per heavy atom. The smallest absolute Gasteiger partial charge is 0.305 e. The molecule has 0 atom stereocenters. The normalized spacial score (nSPS) is 17.2. The van der Waals surface area contributed by atoms with Crippen molar-refractivity contribution in [3.8, 4) is 0 Å². The number of rotatable bonds is 4. The van der Waals surface area contributed by atoms with Gasteiger partial charge in [-0.3, -0.25) is 9.59 Å². The van der Waals surface area contributed by atoms with E-state index in [0.29, 0.717) is 18.3 Å². The molecule has 0 radical (unpaired) electrons. The number of halogens is 2. The fraction of sp³-hybridized carbons (Fsp3) is 0.849. The summed E-state index contributed by atoms with van der Waals surface area (Å²) in [6.45, 7) is 34.3. The highest BCUT2D eigenvalue weighted by Gasteiger charge is 2.13. The largest absolute Gasteiger partial charge is 0.481 e. The molecule has 358 valence electrons. The SMILES string of the molecule is CC(C)(C)C.CC(C)C.CC1CC1.CC1CCC1.CC1CCCC1.CC1CCCCC1.CC1CCOCC1.CCCC(=O)O.CCCC(=O)OC.Cc1ccc(F)c(F)c1. The van der Waals surface area contributed by atoms with Crippen molar-refractivity contribution in [3.63, 3.8) is 0 Å². The van der Waals surface area contributed by atoms with Gasteiger partial charge >= 0.3 is 11.9 Å². The molecule has 1 N–H and O–H groups in total. The number of carboxylic acid groups (broad SMARTS) is 1. The summed E-state index contributed by atoms with van der Waals surface area (Å²) in [5.41, 5.74) is 1.23. The molecule has 60 heavy (non-hydrogen) atoms. The first-order chi connectivity index (χ1) is 28.0. The van der Waals surface area contributed by atoms with Gasteiger partial charge in [0.2, 0.25) is 0 Å². The number of esters is 1. The Labute approximate surface area is 372 Å². The molecule has 1 heterocycles. The molecule has 0 amide bonds. The third kappa shape index (κ3) is 65.1. The third-order valence-corrected chi connectivity index (χ3v) is 9.53. The highest BCUT2D eigenvalue weighted by molar-refractivity contribution is 5.68. The average molecular weight is 857 g/mol. The van der Waals surface area contributed by atoms with Crippen LogP contribution in [0.15, 0.2) is 18.2 Å². The Balaban J connectivity index is -0.000000293. The van der Waals surface area contributed by atoms with Crippen molar-refractivity contribution in [2.45, 2.75) is 232 Å². The number of ether oxygens (including phenoxy) is 2. The number of methoxy groups -OCH3 is 1. The monoisotopic (exact) mass is 857 g/mol. The molecule has 0 spiro atoms. The second kappa shape index (κ2) is 43.6. The zero-order valence-corrected chi connectivity index (χ0v) is 42.6. The first kappa shape index (κ1) is 64.6. The van der Waals surface area contributed by atoms with E-state index in [1.165, 1.54) is 116 Å². The second-order valence-corrected chi connectivity index (χ2v) is 20.3. The molecule has 1 aliphatic heterocycles. The molecule has 4 aliphatic carbocycles. The van der Waals surface area contributed by atoms with Crippen LogP contribution in [0.2, 0.25) is 0 Å². The highest BCUT2D eigenvalue weighted by atomic mass is 19.2. The Hall–Kier alpha value is -2.02. The predicted molar refractivity (Wildman–Crippen MR) is 257 cm³/mol. The van der Waals surface area contributed by atoms with Gasteiger partial charge in [0.1, 0.15) is 0 Å². The molecule has 1 aromatic rings. The van der Waals surface area contributed by atoms with E-state index < -0.39 is 17.6 Å². The van der Waals surface area contributed by atoms with E-state index in [0.717, 1.165) is 79.3 Å². The minimum absolute atomic E-state index is 0.123. The van der Waals surface area contributed by atoms with Crippen LogP contribution in [0, 0.1) is 59.5 Å². The van der Waals surface area contributed by atoms with Crippen LogP contribution in [0.5, 0.6) is 0 Å². The van der Waals surface area contributed by atoms with Gasteiger partial charge in [0.15, 0.2) is 11.6 Å². The lowest BCUT2D eigenvalue weighted by Gasteiger charge is -2.18. The summed E-state index contributed by atoms with van der Waals surface area (Å²) in [6, 6.07) is 3.80. The van der Waals surface area contributed by atoms with Crippen LogP contribution >= 0.6 is 0 Å². The van der Waals surface area contributed by atoms with Gasteiger partial charge in [0.25, 0.3) is 0 Å². The molecule has 6 rings (SSSR count). The van der Waals surface area contributed by atoms with E-state index in [1.807, 2.05) is 13.8 Å². The van der Waals surface area contributed by atoms with Gasteiger partial charge in [0.05, 0.1) is 7.11 Å². The fourth-order valence-corrected chi connectivity index (χ4v) is 5.15. The van der Waals surface area contributed by atoms with Gasteiger partial charge in [0, 0.05) is 26.1 Å². The molecule has 4 saturated carbocycles. The predicted octanol–water partition coefficient (Wildman–Crippen LogP) is 17.3. The Morgan fingerprint density at radius 2 is 1.00 bits per heavy atom. The van der Waals surface area contributed by atoms with Gasteiger partial charge in [-0.05, 0) is 91.2 Å².